The molecule has 0 bridgehead atoms. The average molecular weight is 273 g/mol. The SMILES string of the molecule is CSC(C)(C)SC.CSC(C)(C)SC. The summed E-state index contributed by atoms with van der Waals surface area (Å²) in [5.74, 6) is 0. The van der Waals surface area contributed by atoms with E-state index in [1.165, 1.54) is 0 Å². The molecule has 0 atom stereocenters. The van der Waals surface area contributed by atoms with Crippen molar-refractivity contribution >= 4 is 47.0 Å². The first kappa shape index (κ1) is 17.8. The lowest BCUT2D eigenvalue weighted by atomic mass is 10.5. The van der Waals surface area contributed by atoms with Crippen molar-refractivity contribution in [1.82, 2.24) is 0 Å². The van der Waals surface area contributed by atoms with Crippen LogP contribution >= 0.6 is 47.0 Å². The molecule has 0 aromatic heterocycles. The molecular weight excluding hydrogens is 248 g/mol. The Kier molecular flexibility index (Phi) is 10.8. The van der Waals surface area contributed by atoms with Crippen molar-refractivity contribution in [3.63, 3.8) is 0 Å². The largest absolute Gasteiger partial charge is 0.148 e. The monoisotopic (exact) mass is 272 g/mol. The molecular formula is C10H24S4. The summed E-state index contributed by atoms with van der Waals surface area (Å²) in [6.07, 6.45) is 8.54. The summed E-state index contributed by atoms with van der Waals surface area (Å²) in [6.45, 7) is 8.90. The summed E-state index contributed by atoms with van der Waals surface area (Å²) < 4.78 is 0.833. The van der Waals surface area contributed by atoms with Gasteiger partial charge >= 0.3 is 0 Å². The maximum atomic E-state index is 2.22. The van der Waals surface area contributed by atoms with Crippen LogP contribution in [0.5, 0.6) is 0 Å². The Morgan fingerprint density at radius 2 is 0.643 bits per heavy atom. The van der Waals surface area contributed by atoms with Crippen LogP contribution in [0.4, 0.5) is 0 Å². The fourth-order valence-corrected chi connectivity index (χ4v) is 1.50. The molecule has 0 heterocycles. The highest BCUT2D eigenvalue weighted by Gasteiger charge is 2.12. The second-order valence-electron chi connectivity index (χ2n) is 3.62. The number of rotatable bonds is 4. The predicted octanol–water partition coefficient (Wildman–Crippen LogP) is 4.90. The number of thioether (sulfide) groups is 4. The molecule has 0 aliphatic carbocycles. The lowest BCUT2D eigenvalue weighted by Crippen LogP contribution is -2.05. The molecule has 0 saturated heterocycles. The average Bonchev–Trinajstić information content (AvgIpc) is 2.19. The minimum Gasteiger partial charge on any atom is -0.148 e. The van der Waals surface area contributed by atoms with E-state index in [4.69, 9.17) is 0 Å². The van der Waals surface area contributed by atoms with E-state index >= 15 is 0 Å². The summed E-state index contributed by atoms with van der Waals surface area (Å²) >= 11 is 7.56. The minimum absolute atomic E-state index is 0.417. The van der Waals surface area contributed by atoms with Gasteiger partial charge < -0.3 is 0 Å². The molecule has 0 aromatic rings. The lowest BCUT2D eigenvalue weighted by molar-refractivity contribution is 1.04. The van der Waals surface area contributed by atoms with Gasteiger partial charge in [0.05, 0.1) is 8.16 Å². The van der Waals surface area contributed by atoms with Gasteiger partial charge in [-0.25, -0.2) is 0 Å². The number of hydrogen-bond acceptors (Lipinski definition) is 4. The standard InChI is InChI=1S/2C5H12S2/c2*1-5(2,6-3)7-4/h2*1-4H3. The van der Waals surface area contributed by atoms with Crippen molar-refractivity contribution in [2.24, 2.45) is 0 Å². The summed E-state index contributed by atoms with van der Waals surface area (Å²) in [5.41, 5.74) is 0. The molecule has 4 heteroatoms. The number of hydrogen-bond donors (Lipinski definition) is 0. The van der Waals surface area contributed by atoms with E-state index in [0.717, 1.165) is 0 Å². The van der Waals surface area contributed by atoms with E-state index in [-0.39, 0.29) is 0 Å². The first-order chi connectivity index (χ1) is 6.24. The van der Waals surface area contributed by atoms with Crippen LogP contribution in [0, 0.1) is 0 Å². The molecule has 14 heavy (non-hydrogen) atoms. The van der Waals surface area contributed by atoms with Gasteiger partial charge in [0.15, 0.2) is 0 Å². The maximum absolute atomic E-state index is 2.22. The molecule has 0 amide bonds. The van der Waals surface area contributed by atoms with Gasteiger partial charge in [-0.05, 0) is 52.7 Å². The highest BCUT2D eigenvalue weighted by atomic mass is 32.2. The quantitative estimate of drug-likeness (QED) is 0.667. The third-order valence-electron chi connectivity index (χ3n) is 1.97. The highest BCUT2D eigenvalue weighted by Crippen LogP contribution is 2.32. The first-order valence-electron chi connectivity index (χ1n) is 4.45. The van der Waals surface area contributed by atoms with E-state index in [1.807, 2.05) is 47.0 Å². The van der Waals surface area contributed by atoms with E-state index in [1.54, 1.807) is 0 Å². The molecule has 0 aliphatic heterocycles. The zero-order chi connectivity index (χ0) is 11.8. The van der Waals surface area contributed by atoms with Gasteiger partial charge in [-0.3, -0.25) is 0 Å². The molecule has 0 aromatic carbocycles. The van der Waals surface area contributed by atoms with Gasteiger partial charge in [0.2, 0.25) is 0 Å². The van der Waals surface area contributed by atoms with Crippen LogP contribution in [-0.2, 0) is 0 Å². The second kappa shape index (κ2) is 8.54. The smallest absolute Gasteiger partial charge is 0.0549 e. The van der Waals surface area contributed by atoms with Crippen LogP contribution in [0.2, 0.25) is 0 Å². The Morgan fingerprint density at radius 3 is 0.643 bits per heavy atom. The van der Waals surface area contributed by atoms with Gasteiger partial charge in [-0.15, -0.1) is 47.0 Å². The Hall–Kier alpha value is 1.40. The van der Waals surface area contributed by atoms with Crippen LogP contribution in [0.25, 0.3) is 0 Å². The zero-order valence-electron chi connectivity index (χ0n) is 10.6. The van der Waals surface area contributed by atoms with Gasteiger partial charge in [0.1, 0.15) is 0 Å². The van der Waals surface area contributed by atoms with E-state index < -0.39 is 0 Å². The Morgan fingerprint density at radius 1 is 0.500 bits per heavy atom. The van der Waals surface area contributed by atoms with Crippen molar-refractivity contribution in [2.75, 3.05) is 25.0 Å². The van der Waals surface area contributed by atoms with Crippen molar-refractivity contribution in [1.29, 1.82) is 0 Å². The normalized spacial score (nSPS) is 12.0. The van der Waals surface area contributed by atoms with Crippen molar-refractivity contribution in [2.45, 2.75) is 35.9 Å². The molecule has 0 saturated carbocycles. The van der Waals surface area contributed by atoms with Gasteiger partial charge in [0, 0.05) is 0 Å². The summed E-state index contributed by atoms with van der Waals surface area (Å²) in [7, 11) is 0. The highest BCUT2D eigenvalue weighted by molar-refractivity contribution is 8.17. The fourth-order valence-electron chi connectivity index (χ4n) is 0.167. The zero-order valence-corrected chi connectivity index (χ0v) is 13.9. The van der Waals surface area contributed by atoms with Crippen LogP contribution in [-0.4, -0.2) is 33.2 Å². The van der Waals surface area contributed by atoms with E-state index in [2.05, 4.69) is 52.7 Å². The van der Waals surface area contributed by atoms with Crippen LogP contribution < -0.4 is 0 Å². The Balaban J connectivity index is 0. The first-order valence-corrected chi connectivity index (χ1v) is 9.35. The lowest BCUT2D eigenvalue weighted by Gasteiger charge is -2.17. The molecule has 0 aliphatic rings. The van der Waals surface area contributed by atoms with Crippen LogP contribution in [0.1, 0.15) is 27.7 Å². The molecule has 88 valence electrons. The van der Waals surface area contributed by atoms with Crippen molar-refractivity contribution < 1.29 is 0 Å². The van der Waals surface area contributed by atoms with E-state index in [0.29, 0.717) is 8.16 Å². The second-order valence-corrected chi connectivity index (χ2v) is 9.85. The molecule has 0 nitrogen and oxygen atoms in total. The molecule has 0 rings (SSSR count). The molecule has 0 unspecified atom stereocenters. The summed E-state index contributed by atoms with van der Waals surface area (Å²) in [5, 5.41) is 0. The van der Waals surface area contributed by atoms with Crippen molar-refractivity contribution in [3.8, 4) is 0 Å². The minimum atomic E-state index is 0.417. The molecule has 0 fully saturated rings. The van der Waals surface area contributed by atoms with Gasteiger partial charge in [-0.2, -0.15) is 0 Å². The van der Waals surface area contributed by atoms with E-state index in [9.17, 15) is 0 Å². The van der Waals surface area contributed by atoms with Crippen LogP contribution in [0.15, 0.2) is 0 Å². The van der Waals surface area contributed by atoms with Crippen LogP contribution in [0.3, 0.4) is 0 Å². The molecule has 0 radical (unpaired) electrons. The Labute approximate surface area is 108 Å². The maximum Gasteiger partial charge on any atom is 0.0549 e. The topological polar surface area (TPSA) is 0 Å². The summed E-state index contributed by atoms with van der Waals surface area (Å²) in [6, 6.07) is 0. The fraction of sp³-hybridized carbons (Fsp3) is 1.00. The van der Waals surface area contributed by atoms with Gasteiger partial charge in [0.25, 0.3) is 0 Å². The third-order valence-corrected chi connectivity index (χ3v) is 7.90. The van der Waals surface area contributed by atoms with Crippen molar-refractivity contribution in [3.05, 3.63) is 0 Å². The Bertz CT molecular complexity index is 104. The molecule has 0 N–H and O–H groups in total. The third kappa shape index (κ3) is 11.5. The summed E-state index contributed by atoms with van der Waals surface area (Å²) in [4.78, 5) is 0. The van der Waals surface area contributed by atoms with Gasteiger partial charge in [-0.1, -0.05) is 0 Å². The predicted molar refractivity (Wildman–Crippen MR) is 82.2 cm³/mol. The molecule has 0 spiro atoms.